The average Bonchev–Trinajstić information content (AvgIpc) is 2.76. The van der Waals surface area contributed by atoms with Gasteiger partial charge in [0.2, 0.25) is 0 Å². The van der Waals surface area contributed by atoms with Crippen LogP contribution in [0.4, 0.5) is 0 Å². The molecule has 20 heavy (non-hydrogen) atoms. The fraction of sp³-hybridized carbons (Fsp3) is 0.533. The van der Waals surface area contributed by atoms with E-state index in [9.17, 15) is 0 Å². The SMILES string of the molecule is CC(C)(Cc1nc(Br)c2ccccn12)N1CCNCC1. The Kier molecular flexibility index (Phi) is 3.84. The van der Waals surface area contributed by atoms with Crippen molar-refractivity contribution in [2.75, 3.05) is 26.2 Å². The smallest absolute Gasteiger partial charge is 0.132 e. The first-order valence-corrected chi connectivity index (χ1v) is 7.94. The molecular formula is C15H21BrN4. The zero-order valence-electron chi connectivity index (χ0n) is 12.1. The molecular weight excluding hydrogens is 316 g/mol. The Morgan fingerprint density at radius 2 is 2.05 bits per heavy atom. The lowest BCUT2D eigenvalue weighted by Crippen LogP contribution is -2.54. The van der Waals surface area contributed by atoms with Gasteiger partial charge in [-0.05, 0) is 41.9 Å². The van der Waals surface area contributed by atoms with E-state index in [1.807, 2.05) is 6.07 Å². The minimum atomic E-state index is 0.124. The third-order valence-electron chi connectivity index (χ3n) is 4.14. The summed E-state index contributed by atoms with van der Waals surface area (Å²) in [6, 6.07) is 6.20. The van der Waals surface area contributed by atoms with Crippen molar-refractivity contribution in [2.24, 2.45) is 0 Å². The van der Waals surface area contributed by atoms with Crippen molar-refractivity contribution in [3.8, 4) is 0 Å². The number of imidazole rings is 1. The van der Waals surface area contributed by atoms with Crippen LogP contribution >= 0.6 is 15.9 Å². The van der Waals surface area contributed by atoms with Crippen molar-refractivity contribution < 1.29 is 0 Å². The van der Waals surface area contributed by atoms with Crippen LogP contribution < -0.4 is 5.32 Å². The van der Waals surface area contributed by atoms with Gasteiger partial charge < -0.3 is 9.72 Å². The Morgan fingerprint density at radius 3 is 2.80 bits per heavy atom. The number of piperazine rings is 1. The molecule has 2 aromatic heterocycles. The van der Waals surface area contributed by atoms with Crippen LogP contribution in [0.25, 0.3) is 5.52 Å². The van der Waals surface area contributed by atoms with Crippen LogP contribution in [0.3, 0.4) is 0 Å². The predicted octanol–water partition coefficient (Wildman–Crippen LogP) is 2.32. The summed E-state index contributed by atoms with van der Waals surface area (Å²) in [6.45, 7) is 9.01. The third-order valence-corrected chi connectivity index (χ3v) is 4.72. The van der Waals surface area contributed by atoms with Crippen molar-refractivity contribution in [2.45, 2.75) is 25.8 Å². The van der Waals surface area contributed by atoms with Crippen molar-refractivity contribution >= 4 is 21.4 Å². The maximum atomic E-state index is 4.71. The summed E-state index contributed by atoms with van der Waals surface area (Å²) in [5.74, 6) is 1.12. The molecule has 1 fully saturated rings. The number of halogens is 1. The molecule has 0 saturated carbocycles. The molecule has 3 heterocycles. The van der Waals surface area contributed by atoms with Gasteiger partial charge in [-0.2, -0.15) is 0 Å². The number of fused-ring (bicyclic) bond motifs is 1. The van der Waals surface area contributed by atoms with E-state index in [1.54, 1.807) is 0 Å². The molecule has 0 atom stereocenters. The molecule has 1 N–H and O–H groups in total. The number of rotatable bonds is 3. The standard InChI is InChI=1S/C15H21BrN4/c1-15(2,19-9-6-17-7-10-19)11-13-18-14(16)12-5-3-4-8-20(12)13/h3-5,8,17H,6-7,9-11H2,1-2H3. The topological polar surface area (TPSA) is 32.6 Å². The molecule has 0 bridgehead atoms. The maximum absolute atomic E-state index is 4.71. The summed E-state index contributed by atoms with van der Waals surface area (Å²) in [4.78, 5) is 7.26. The monoisotopic (exact) mass is 336 g/mol. The fourth-order valence-corrected chi connectivity index (χ4v) is 3.48. The van der Waals surface area contributed by atoms with Crippen LogP contribution in [0.1, 0.15) is 19.7 Å². The van der Waals surface area contributed by atoms with E-state index in [1.165, 1.54) is 0 Å². The number of hydrogen-bond donors (Lipinski definition) is 1. The van der Waals surface area contributed by atoms with E-state index >= 15 is 0 Å². The van der Waals surface area contributed by atoms with Gasteiger partial charge in [-0.25, -0.2) is 4.98 Å². The summed E-state index contributed by atoms with van der Waals surface area (Å²) in [5.41, 5.74) is 1.26. The molecule has 2 aromatic rings. The largest absolute Gasteiger partial charge is 0.314 e. The molecule has 1 saturated heterocycles. The predicted molar refractivity (Wildman–Crippen MR) is 85.1 cm³/mol. The van der Waals surface area contributed by atoms with Gasteiger partial charge in [0, 0.05) is 44.3 Å². The van der Waals surface area contributed by atoms with Crippen molar-refractivity contribution in [3.05, 3.63) is 34.8 Å². The maximum Gasteiger partial charge on any atom is 0.132 e. The molecule has 0 amide bonds. The van der Waals surface area contributed by atoms with Gasteiger partial charge in [0.15, 0.2) is 0 Å². The summed E-state index contributed by atoms with van der Waals surface area (Å²) in [7, 11) is 0. The number of nitrogens with one attached hydrogen (secondary N) is 1. The number of pyridine rings is 1. The molecule has 3 rings (SSSR count). The number of nitrogens with zero attached hydrogens (tertiary/aromatic N) is 3. The van der Waals surface area contributed by atoms with Crippen LogP contribution in [0.2, 0.25) is 0 Å². The van der Waals surface area contributed by atoms with Gasteiger partial charge in [-0.15, -0.1) is 0 Å². The minimum Gasteiger partial charge on any atom is -0.314 e. The van der Waals surface area contributed by atoms with E-state index in [0.29, 0.717) is 0 Å². The second kappa shape index (κ2) is 5.47. The first-order chi connectivity index (χ1) is 9.58. The van der Waals surface area contributed by atoms with Gasteiger partial charge in [-0.1, -0.05) is 6.07 Å². The second-order valence-electron chi connectivity index (χ2n) is 6.00. The molecule has 0 aromatic carbocycles. The lowest BCUT2D eigenvalue weighted by molar-refractivity contribution is 0.102. The summed E-state index contributed by atoms with van der Waals surface area (Å²) in [5, 5.41) is 3.41. The van der Waals surface area contributed by atoms with Gasteiger partial charge >= 0.3 is 0 Å². The normalized spacial score (nSPS) is 17.8. The zero-order chi connectivity index (χ0) is 14.2. The Morgan fingerprint density at radius 1 is 1.30 bits per heavy atom. The van der Waals surface area contributed by atoms with E-state index in [-0.39, 0.29) is 5.54 Å². The van der Waals surface area contributed by atoms with Crippen LogP contribution in [0.15, 0.2) is 29.0 Å². The van der Waals surface area contributed by atoms with Gasteiger partial charge in [0.1, 0.15) is 10.4 Å². The summed E-state index contributed by atoms with van der Waals surface area (Å²) in [6.07, 6.45) is 3.04. The molecule has 0 radical (unpaired) electrons. The Hall–Kier alpha value is -0.910. The van der Waals surface area contributed by atoms with Crippen LogP contribution in [0, 0.1) is 0 Å². The van der Waals surface area contributed by atoms with E-state index in [2.05, 4.69) is 62.7 Å². The first-order valence-electron chi connectivity index (χ1n) is 7.15. The lowest BCUT2D eigenvalue weighted by atomic mass is 9.96. The highest BCUT2D eigenvalue weighted by atomic mass is 79.9. The molecule has 1 aliphatic heterocycles. The molecule has 0 unspecified atom stereocenters. The molecule has 4 nitrogen and oxygen atoms in total. The highest BCUT2D eigenvalue weighted by Gasteiger charge is 2.29. The number of aromatic nitrogens is 2. The minimum absolute atomic E-state index is 0.124. The average molecular weight is 337 g/mol. The Labute approximate surface area is 128 Å². The molecule has 108 valence electrons. The van der Waals surface area contributed by atoms with Crippen molar-refractivity contribution in [1.82, 2.24) is 19.6 Å². The highest BCUT2D eigenvalue weighted by Crippen LogP contribution is 2.24. The molecule has 0 spiro atoms. The second-order valence-corrected chi connectivity index (χ2v) is 6.75. The van der Waals surface area contributed by atoms with E-state index in [4.69, 9.17) is 4.98 Å². The first kappa shape index (κ1) is 14.0. The van der Waals surface area contributed by atoms with Crippen molar-refractivity contribution in [1.29, 1.82) is 0 Å². The van der Waals surface area contributed by atoms with E-state index < -0.39 is 0 Å². The molecule has 5 heteroatoms. The zero-order valence-corrected chi connectivity index (χ0v) is 13.7. The van der Waals surface area contributed by atoms with Gasteiger partial charge in [0.05, 0.1) is 5.52 Å². The van der Waals surface area contributed by atoms with E-state index in [0.717, 1.165) is 48.5 Å². The van der Waals surface area contributed by atoms with Crippen LogP contribution in [0.5, 0.6) is 0 Å². The fourth-order valence-electron chi connectivity index (χ4n) is 2.95. The molecule has 1 aliphatic rings. The third kappa shape index (κ3) is 2.62. The lowest BCUT2D eigenvalue weighted by Gasteiger charge is -2.41. The summed E-state index contributed by atoms with van der Waals surface area (Å²) < 4.78 is 3.12. The van der Waals surface area contributed by atoms with Gasteiger partial charge in [-0.3, -0.25) is 4.90 Å². The molecule has 0 aliphatic carbocycles. The van der Waals surface area contributed by atoms with Crippen LogP contribution in [-0.2, 0) is 6.42 Å². The Bertz CT molecular complexity index is 599. The quantitative estimate of drug-likeness (QED) is 0.933. The number of hydrogen-bond acceptors (Lipinski definition) is 3. The van der Waals surface area contributed by atoms with Crippen molar-refractivity contribution in [3.63, 3.8) is 0 Å². The Balaban J connectivity index is 1.88. The summed E-state index contributed by atoms with van der Waals surface area (Å²) >= 11 is 3.57. The highest BCUT2D eigenvalue weighted by molar-refractivity contribution is 9.10. The van der Waals surface area contributed by atoms with Gasteiger partial charge in [0.25, 0.3) is 0 Å². The van der Waals surface area contributed by atoms with Crippen LogP contribution in [-0.4, -0.2) is 46.0 Å².